The highest BCUT2D eigenvalue weighted by molar-refractivity contribution is 6.02. The Balaban J connectivity index is 1.94. The third-order valence-electron chi connectivity index (χ3n) is 3.51. The molecule has 2 heterocycles. The molecule has 0 fully saturated rings. The van der Waals surface area contributed by atoms with Crippen LogP contribution in [-0.2, 0) is 0 Å². The van der Waals surface area contributed by atoms with Crippen molar-refractivity contribution in [3.63, 3.8) is 0 Å². The number of fused-ring (bicyclic) bond motifs is 3. The van der Waals surface area contributed by atoms with Crippen molar-refractivity contribution in [2.45, 2.75) is 0 Å². The lowest BCUT2D eigenvalue weighted by atomic mass is 10.1. The molecule has 0 saturated heterocycles. The summed E-state index contributed by atoms with van der Waals surface area (Å²) < 4.78 is 0. The number of para-hydroxylation sites is 1. The smallest absolute Gasteiger partial charge is 0.138 e. The van der Waals surface area contributed by atoms with Crippen molar-refractivity contribution in [2.75, 3.05) is 0 Å². The molecule has 4 rings (SSSR count). The Hall–Kier alpha value is -3.19. The van der Waals surface area contributed by atoms with Crippen LogP contribution in [0.25, 0.3) is 33.3 Å². The van der Waals surface area contributed by atoms with Gasteiger partial charge in [0.05, 0.1) is 34.4 Å². The summed E-state index contributed by atoms with van der Waals surface area (Å²) in [5, 5.41) is 9.88. The van der Waals surface area contributed by atoms with E-state index in [4.69, 9.17) is 5.26 Å². The van der Waals surface area contributed by atoms with Crippen molar-refractivity contribution in [2.24, 2.45) is 0 Å². The number of rotatable bonds is 1. The van der Waals surface area contributed by atoms with Crippen LogP contribution in [0.4, 0.5) is 0 Å². The fourth-order valence-corrected chi connectivity index (χ4v) is 2.45. The molecule has 4 aromatic rings. The van der Waals surface area contributed by atoms with Gasteiger partial charge in [-0.05, 0) is 30.3 Å². The van der Waals surface area contributed by atoms with Crippen LogP contribution >= 0.6 is 0 Å². The third-order valence-corrected chi connectivity index (χ3v) is 3.51. The molecule has 0 spiro atoms. The van der Waals surface area contributed by atoms with E-state index in [9.17, 15) is 0 Å². The Morgan fingerprint density at radius 3 is 2.62 bits per heavy atom. The third kappa shape index (κ3) is 1.84. The van der Waals surface area contributed by atoms with Gasteiger partial charge in [0.15, 0.2) is 0 Å². The largest absolute Gasteiger partial charge is 0.337 e. The Morgan fingerprint density at radius 2 is 1.81 bits per heavy atom. The van der Waals surface area contributed by atoms with Gasteiger partial charge in [0, 0.05) is 10.9 Å². The Kier molecular flexibility index (Phi) is 2.45. The van der Waals surface area contributed by atoms with E-state index in [1.165, 1.54) is 0 Å². The molecule has 0 aliphatic heterocycles. The SMILES string of the molecule is N#Cc1ccc(-c2nc3c(cnc4ccccc43)[nH]2)cc1. The lowest BCUT2D eigenvalue weighted by Crippen LogP contribution is -1.81. The fraction of sp³-hybridized carbons (Fsp3) is 0. The highest BCUT2D eigenvalue weighted by Crippen LogP contribution is 2.25. The number of nitrogens with one attached hydrogen (secondary N) is 1. The fourth-order valence-electron chi connectivity index (χ4n) is 2.45. The first-order valence-corrected chi connectivity index (χ1v) is 6.59. The first-order chi connectivity index (χ1) is 10.3. The van der Waals surface area contributed by atoms with Gasteiger partial charge in [0.1, 0.15) is 5.82 Å². The second-order valence-electron chi connectivity index (χ2n) is 4.81. The number of hydrogen-bond donors (Lipinski definition) is 1. The van der Waals surface area contributed by atoms with E-state index in [1.54, 1.807) is 18.3 Å². The highest BCUT2D eigenvalue weighted by Gasteiger charge is 2.08. The average Bonchev–Trinajstić information content (AvgIpc) is 2.99. The summed E-state index contributed by atoms with van der Waals surface area (Å²) in [7, 11) is 0. The highest BCUT2D eigenvalue weighted by atomic mass is 14.9. The number of pyridine rings is 1. The van der Waals surface area contributed by atoms with Crippen LogP contribution in [0.3, 0.4) is 0 Å². The molecule has 0 unspecified atom stereocenters. The van der Waals surface area contributed by atoms with E-state index >= 15 is 0 Å². The quantitative estimate of drug-likeness (QED) is 0.574. The molecule has 1 N–H and O–H groups in total. The molecule has 21 heavy (non-hydrogen) atoms. The normalized spacial score (nSPS) is 10.8. The van der Waals surface area contributed by atoms with Crippen LogP contribution in [0.1, 0.15) is 5.56 Å². The molecule has 0 radical (unpaired) electrons. The lowest BCUT2D eigenvalue weighted by Gasteiger charge is -1.95. The molecule has 0 amide bonds. The van der Waals surface area contributed by atoms with Crippen LogP contribution in [-0.4, -0.2) is 15.0 Å². The molecule has 0 aliphatic rings. The summed E-state index contributed by atoms with van der Waals surface area (Å²) in [6.45, 7) is 0. The van der Waals surface area contributed by atoms with E-state index in [0.29, 0.717) is 5.56 Å². The van der Waals surface area contributed by atoms with Crippen LogP contribution < -0.4 is 0 Å². The predicted molar refractivity (Wildman–Crippen MR) is 81.5 cm³/mol. The number of hydrogen-bond acceptors (Lipinski definition) is 3. The molecular formula is C17H10N4. The first-order valence-electron chi connectivity index (χ1n) is 6.59. The monoisotopic (exact) mass is 270 g/mol. The lowest BCUT2D eigenvalue weighted by molar-refractivity contribution is 1.33. The van der Waals surface area contributed by atoms with E-state index in [0.717, 1.165) is 33.3 Å². The van der Waals surface area contributed by atoms with Gasteiger partial charge in [-0.1, -0.05) is 18.2 Å². The predicted octanol–water partition coefficient (Wildman–Crippen LogP) is 3.65. The summed E-state index contributed by atoms with van der Waals surface area (Å²) in [5.74, 6) is 0.785. The zero-order chi connectivity index (χ0) is 14.2. The molecule has 0 atom stereocenters. The number of nitrogens with zero attached hydrogens (tertiary/aromatic N) is 3. The zero-order valence-electron chi connectivity index (χ0n) is 11.0. The second kappa shape index (κ2) is 4.43. The van der Waals surface area contributed by atoms with Crippen molar-refractivity contribution in [1.29, 1.82) is 5.26 Å². The topological polar surface area (TPSA) is 65.4 Å². The van der Waals surface area contributed by atoms with Crippen molar-refractivity contribution < 1.29 is 0 Å². The van der Waals surface area contributed by atoms with Gasteiger partial charge in [-0.25, -0.2) is 4.98 Å². The molecule has 0 bridgehead atoms. The van der Waals surface area contributed by atoms with Crippen molar-refractivity contribution in [3.8, 4) is 17.5 Å². The number of aromatic amines is 1. The summed E-state index contributed by atoms with van der Waals surface area (Å²) >= 11 is 0. The molecule has 2 aromatic carbocycles. The number of benzene rings is 2. The maximum Gasteiger partial charge on any atom is 0.138 e. The van der Waals surface area contributed by atoms with Gasteiger partial charge in [0.25, 0.3) is 0 Å². The second-order valence-corrected chi connectivity index (χ2v) is 4.81. The molecule has 2 aromatic heterocycles. The van der Waals surface area contributed by atoms with Gasteiger partial charge in [0.2, 0.25) is 0 Å². The van der Waals surface area contributed by atoms with Gasteiger partial charge in [-0.3, -0.25) is 4.98 Å². The van der Waals surface area contributed by atoms with Gasteiger partial charge < -0.3 is 4.98 Å². The molecule has 0 saturated carbocycles. The maximum atomic E-state index is 8.85. The number of nitriles is 1. The number of imidazole rings is 1. The van der Waals surface area contributed by atoms with Gasteiger partial charge >= 0.3 is 0 Å². The number of H-pyrrole nitrogens is 1. The van der Waals surface area contributed by atoms with Gasteiger partial charge in [-0.15, -0.1) is 0 Å². The minimum absolute atomic E-state index is 0.641. The Morgan fingerprint density at radius 1 is 1.00 bits per heavy atom. The van der Waals surface area contributed by atoms with E-state index in [1.807, 2.05) is 36.4 Å². The molecular weight excluding hydrogens is 260 g/mol. The van der Waals surface area contributed by atoms with Crippen LogP contribution in [0.15, 0.2) is 54.7 Å². The standard InChI is InChI=1S/C17H10N4/c18-9-11-5-7-12(8-6-11)17-20-15-10-19-14-4-2-1-3-13(14)16(15)21-17/h1-8,10H,(H,20,21). The van der Waals surface area contributed by atoms with Gasteiger partial charge in [-0.2, -0.15) is 5.26 Å². The van der Waals surface area contributed by atoms with Crippen molar-refractivity contribution >= 4 is 21.9 Å². The van der Waals surface area contributed by atoms with E-state index < -0.39 is 0 Å². The number of aromatic nitrogens is 3. The van der Waals surface area contributed by atoms with E-state index in [-0.39, 0.29) is 0 Å². The average molecular weight is 270 g/mol. The Labute approximate surface area is 120 Å². The van der Waals surface area contributed by atoms with Crippen molar-refractivity contribution in [1.82, 2.24) is 15.0 Å². The molecule has 0 aliphatic carbocycles. The minimum atomic E-state index is 0.641. The van der Waals surface area contributed by atoms with Crippen LogP contribution in [0.5, 0.6) is 0 Å². The molecule has 4 heteroatoms. The van der Waals surface area contributed by atoms with E-state index in [2.05, 4.69) is 21.0 Å². The summed E-state index contributed by atoms with van der Waals surface area (Å²) in [6.07, 6.45) is 1.80. The minimum Gasteiger partial charge on any atom is -0.337 e. The molecule has 4 nitrogen and oxygen atoms in total. The summed E-state index contributed by atoms with van der Waals surface area (Å²) in [5.41, 5.74) is 4.35. The maximum absolute atomic E-state index is 8.85. The first kappa shape index (κ1) is 11.6. The van der Waals surface area contributed by atoms with Crippen LogP contribution in [0, 0.1) is 11.3 Å². The van der Waals surface area contributed by atoms with Crippen LogP contribution in [0.2, 0.25) is 0 Å². The summed E-state index contributed by atoms with van der Waals surface area (Å²) in [4.78, 5) is 12.4. The summed E-state index contributed by atoms with van der Waals surface area (Å²) in [6, 6.07) is 17.4. The van der Waals surface area contributed by atoms with Crippen molar-refractivity contribution in [3.05, 3.63) is 60.3 Å². The Bertz CT molecular complexity index is 991. The zero-order valence-corrected chi connectivity index (χ0v) is 11.0. The molecule has 98 valence electrons.